The zero-order valence-corrected chi connectivity index (χ0v) is 12.4. The van der Waals surface area contributed by atoms with Gasteiger partial charge in [0, 0.05) is 12.1 Å². The average Bonchev–Trinajstić information content (AvgIpc) is 2.56. The number of hydrogen-bond acceptors (Lipinski definition) is 6. The number of nitrogens with zero attached hydrogens (tertiary/aromatic N) is 1. The van der Waals surface area contributed by atoms with Crippen LogP contribution in [0.15, 0.2) is 42.5 Å². The van der Waals surface area contributed by atoms with E-state index in [0.29, 0.717) is 11.5 Å². The summed E-state index contributed by atoms with van der Waals surface area (Å²) in [5, 5.41) is 10.6. The van der Waals surface area contributed by atoms with E-state index in [2.05, 4.69) is 0 Å². The van der Waals surface area contributed by atoms with Crippen LogP contribution in [0, 0.1) is 10.1 Å². The molecule has 0 amide bonds. The van der Waals surface area contributed by atoms with Crippen LogP contribution in [0.5, 0.6) is 17.2 Å². The normalized spacial score (nSPS) is 15.8. The molecule has 0 spiro atoms. The van der Waals surface area contributed by atoms with Crippen LogP contribution in [0.2, 0.25) is 5.02 Å². The summed E-state index contributed by atoms with van der Waals surface area (Å²) < 4.78 is 16.1. The highest BCUT2D eigenvalue weighted by Gasteiger charge is 2.29. The fourth-order valence-corrected chi connectivity index (χ4v) is 2.21. The lowest BCUT2D eigenvalue weighted by atomic mass is 10.2. The largest absolute Gasteiger partial charge is 0.485 e. The topological polar surface area (TPSA) is 87.9 Å². The maximum atomic E-state index is 12.1. The molecule has 7 nitrogen and oxygen atoms in total. The lowest BCUT2D eigenvalue weighted by Crippen LogP contribution is -2.39. The molecule has 8 heteroatoms. The zero-order valence-electron chi connectivity index (χ0n) is 11.6. The van der Waals surface area contributed by atoms with Crippen molar-refractivity contribution in [1.29, 1.82) is 0 Å². The van der Waals surface area contributed by atoms with Crippen molar-refractivity contribution in [3.8, 4) is 17.2 Å². The fourth-order valence-electron chi connectivity index (χ4n) is 2.00. The van der Waals surface area contributed by atoms with Crippen LogP contribution in [0.1, 0.15) is 0 Å². The highest BCUT2D eigenvalue weighted by molar-refractivity contribution is 6.32. The first kappa shape index (κ1) is 15.1. The molecule has 0 saturated carbocycles. The number of halogens is 1. The lowest BCUT2D eigenvalue weighted by molar-refractivity contribution is -0.384. The second kappa shape index (κ2) is 6.13. The van der Waals surface area contributed by atoms with E-state index in [4.69, 9.17) is 25.8 Å². The third-order valence-electron chi connectivity index (χ3n) is 3.11. The summed E-state index contributed by atoms with van der Waals surface area (Å²) in [4.78, 5) is 22.2. The smallest absolute Gasteiger partial charge is 0.356 e. The monoisotopic (exact) mass is 335 g/mol. The number of rotatable bonds is 3. The van der Waals surface area contributed by atoms with E-state index in [1.165, 1.54) is 12.1 Å². The summed E-state index contributed by atoms with van der Waals surface area (Å²) in [7, 11) is 0. The highest BCUT2D eigenvalue weighted by atomic mass is 35.5. The number of carbonyl (C=O) groups excluding carboxylic acids is 1. The van der Waals surface area contributed by atoms with Crippen LogP contribution < -0.4 is 14.2 Å². The Balaban J connectivity index is 1.72. The van der Waals surface area contributed by atoms with Gasteiger partial charge in [-0.05, 0) is 18.2 Å². The molecule has 2 aromatic carbocycles. The summed E-state index contributed by atoms with van der Waals surface area (Å²) in [6.07, 6.45) is -0.948. The second-order valence-electron chi connectivity index (χ2n) is 4.66. The van der Waals surface area contributed by atoms with Crippen molar-refractivity contribution in [1.82, 2.24) is 0 Å². The minimum absolute atomic E-state index is 0.000444. The number of hydrogen-bond donors (Lipinski definition) is 0. The van der Waals surface area contributed by atoms with Crippen LogP contribution >= 0.6 is 11.6 Å². The van der Waals surface area contributed by atoms with E-state index in [1.54, 1.807) is 24.3 Å². The van der Waals surface area contributed by atoms with Gasteiger partial charge >= 0.3 is 5.97 Å². The molecule has 2 aromatic rings. The van der Waals surface area contributed by atoms with Crippen molar-refractivity contribution in [3.63, 3.8) is 0 Å². The summed E-state index contributed by atoms with van der Waals surface area (Å²) in [5.74, 6) is 0.306. The van der Waals surface area contributed by atoms with Gasteiger partial charge in [0.1, 0.15) is 12.4 Å². The van der Waals surface area contributed by atoms with E-state index in [0.717, 1.165) is 6.07 Å². The molecule has 0 radical (unpaired) electrons. The zero-order chi connectivity index (χ0) is 16.4. The van der Waals surface area contributed by atoms with Gasteiger partial charge in [-0.3, -0.25) is 10.1 Å². The minimum atomic E-state index is -0.948. The highest BCUT2D eigenvalue weighted by Crippen LogP contribution is 2.32. The Morgan fingerprint density at radius 3 is 2.70 bits per heavy atom. The Morgan fingerprint density at radius 2 is 2.00 bits per heavy atom. The molecule has 0 bridgehead atoms. The quantitative estimate of drug-likeness (QED) is 0.371. The SMILES string of the molecule is O=C(Oc1ccc([N+](=O)[O-])cc1Cl)[C@@H]1COc2ccccc2O1. The van der Waals surface area contributed by atoms with E-state index in [-0.39, 0.29) is 23.1 Å². The maximum Gasteiger partial charge on any atom is 0.356 e. The van der Waals surface area contributed by atoms with Crippen LogP contribution in [-0.4, -0.2) is 23.6 Å². The molecule has 1 aliphatic heterocycles. The van der Waals surface area contributed by atoms with Crippen molar-refractivity contribution >= 4 is 23.3 Å². The summed E-state index contributed by atoms with van der Waals surface area (Å²) in [6.45, 7) is 0.000444. The number of carbonyl (C=O) groups is 1. The Kier molecular flexibility index (Phi) is 4.03. The standard InChI is InChI=1S/C15H10ClNO6/c16-10-7-9(17(19)20)5-6-11(10)23-15(18)14-8-21-12-3-1-2-4-13(12)22-14/h1-7,14H,8H2/t14-/m0/s1. The molecule has 0 aliphatic carbocycles. The fraction of sp³-hybridized carbons (Fsp3) is 0.133. The predicted molar refractivity (Wildman–Crippen MR) is 80.1 cm³/mol. The Hall–Kier alpha value is -2.80. The van der Waals surface area contributed by atoms with E-state index < -0.39 is 17.0 Å². The van der Waals surface area contributed by atoms with Gasteiger partial charge in [0.25, 0.3) is 5.69 Å². The number of benzene rings is 2. The maximum absolute atomic E-state index is 12.1. The molecule has 118 valence electrons. The van der Waals surface area contributed by atoms with Crippen LogP contribution in [-0.2, 0) is 4.79 Å². The molecule has 1 heterocycles. The van der Waals surface area contributed by atoms with Gasteiger partial charge in [-0.1, -0.05) is 23.7 Å². The summed E-state index contributed by atoms with van der Waals surface area (Å²) >= 11 is 5.88. The third-order valence-corrected chi connectivity index (χ3v) is 3.40. The van der Waals surface area contributed by atoms with E-state index in [9.17, 15) is 14.9 Å². The molecule has 0 aromatic heterocycles. The number of esters is 1. The molecule has 0 unspecified atom stereocenters. The van der Waals surface area contributed by atoms with Gasteiger partial charge in [-0.15, -0.1) is 0 Å². The van der Waals surface area contributed by atoms with Crippen molar-refractivity contribution in [2.24, 2.45) is 0 Å². The average molecular weight is 336 g/mol. The van der Waals surface area contributed by atoms with Gasteiger partial charge < -0.3 is 14.2 Å². The number of nitro groups is 1. The van der Waals surface area contributed by atoms with Gasteiger partial charge in [0.2, 0.25) is 6.10 Å². The Bertz CT molecular complexity index is 778. The van der Waals surface area contributed by atoms with Crippen LogP contribution in [0.4, 0.5) is 5.69 Å². The van der Waals surface area contributed by atoms with Crippen molar-refractivity contribution in [2.75, 3.05) is 6.61 Å². The first-order valence-electron chi connectivity index (χ1n) is 6.59. The molecule has 1 aliphatic rings. The van der Waals surface area contributed by atoms with Crippen LogP contribution in [0.25, 0.3) is 0 Å². The molecule has 0 fully saturated rings. The minimum Gasteiger partial charge on any atom is -0.485 e. The molecule has 23 heavy (non-hydrogen) atoms. The first-order chi connectivity index (χ1) is 11.0. The molecular formula is C15H10ClNO6. The number of fused-ring (bicyclic) bond motifs is 1. The van der Waals surface area contributed by atoms with E-state index in [1.807, 2.05) is 0 Å². The Labute approximate surface area is 135 Å². The predicted octanol–water partition coefficient (Wildman–Crippen LogP) is 2.99. The molecule has 3 rings (SSSR count). The van der Waals surface area contributed by atoms with Crippen molar-refractivity contribution in [3.05, 3.63) is 57.6 Å². The number of nitro benzene ring substituents is 1. The number of para-hydroxylation sites is 2. The van der Waals surface area contributed by atoms with Gasteiger partial charge in [0.15, 0.2) is 11.5 Å². The summed E-state index contributed by atoms with van der Waals surface area (Å²) in [5.41, 5.74) is -0.194. The molecule has 1 atom stereocenters. The van der Waals surface area contributed by atoms with Crippen LogP contribution in [0.3, 0.4) is 0 Å². The summed E-state index contributed by atoms with van der Waals surface area (Å²) in [6, 6.07) is 10.5. The third kappa shape index (κ3) is 3.19. The number of non-ortho nitro benzene ring substituents is 1. The second-order valence-corrected chi connectivity index (χ2v) is 5.06. The van der Waals surface area contributed by atoms with Gasteiger partial charge in [-0.25, -0.2) is 4.79 Å². The first-order valence-corrected chi connectivity index (χ1v) is 6.96. The molecule has 0 N–H and O–H groups in total. The van der Waals surface area contributed by atoms with E-state index >= 15 is 0 Å². The number of ether oxygens (including phenoxy) is 3. The van der Waals surface area contributed by atoms with Gasteiger partial charge in [0.05, 0.1) is 9.95 Å². The van der Waals surface area contributed by atoms with Crippen molar-refractivity contribution in [2.45, 2.75) is 6.10 Å². The van der Waals surface area contributed by atoms with Gasteiger partial charge in [-0.2, -0.15) is 0 Å². The molecular weight excluding hydrogens is 326 g/mol. The lowest BCUT2D eigenvalue weighted by Gasteiger charge is -2.24. The molecule has 0 saturated heterocycles. The van der Waals surface area contributed by atoms with Crippen molar-refractivity contribution < 1.29 is 23.9 Å². The Morgan fingerprint density at radius 1 is 1.26 bits per heavy atom.